The van der Waals surface area contributed by atoms with Crippen molar-refractivity contribution in [1.29, 1.82) is 0 Å². The third-order valence-electron chi connectivity index (χ3n) is 3.14. The standard InChI is InChI=1S/C15H15NO4/c1-8-12(13(9(2)16-8)15(19)20-3)14(18)10-6-4-5-7-11(10)17/h4-7,16-17H,1-3H3. The van der Waals surface area contributed by atoms with Gasteiger partial charge in [-0.05, 0) is 26.0 Å². The molecule has 2 aromatic rings. The van der Waals surface area contributed by atoms with E-state index in [0.717, 1.165) is 0 Å². The van der Waals surface area contributed by atoms with Gasteiger partial charge in [-0.2, -0.15) is 0 Å². The zero-order valence-electron chi connectivity index (χ0n) is 11.5. The molecular weight excluding hydrogens is 258 g/mol. The summed E-state index contributed by atoms with van der Waals surface area (Å²) in [7, 11) is 1.26. The molecule has 1 aromatic carbocycles. The first-order valence-electron chi connectivity index (χ1n) is 6.07. The zero-order valence-corrected chi connectivity index (χ0v) is 11.5. The molecule has 2 rings (SSSR count). The fourth-order valence-electron chi connectivity index (χ4n) is 2.22. The Hall–Kier alpha value is -2.56. The van der Waals surface area contributed by atoms with Gasteiger partial charge in [0.05, 0.1) is 23.8 Å². The molecule has 0 bridgehead atoms. The number of phenolic OH excluding ortho intramolecular Hbond substituents is 1. The summed E-state index contributed by atoms with van der Waals surface area (Å²) in [5.41, 5.74) is 1.72. The molecule has 104 valence electrons. The van der Waals surface area contributed by atoms with Gasteiger partial charge in [-0.3, -0.25) is 4.79 Å². The smallest absolute Gasteiger partial charge is 0.340 e. The van der Waals surface area contributed by atoms with Gasteiger partial charge in [0.1, 0.15) is 5.75 Å². The number of benzene rings is 1. The Morgan fingerprint density at radius 1 is 1.10 bits per heavy atom. The maximum atomic E-state index is 12.6. The molecule has 1 heterocycles. The predicted octanol–water partition coefficient (Wildman–Crippen LogP) is 2.35. The average molecular weight is 273 g/mol. The molecule has 0 amide bonds. The molecule has 0 atom stereocenters. The molecule has 0 spiro atoms. The average Bonchev–Trinajstić information content (AvgIpc) is 2.72. The highest BCUT2D eigenvalue weighted by molar-refractivity contribution is 6.16. The van der Waals surface area contributed by atoms with Gasteiger partial charge in [-0.15, -0.1) is 0 Å². The first kappa shape index (κ1) is 13.9. The van der Waals surface area contributed by atoms with Crippen molar-refractivity contribution in [2.75, 3.05) is 7.11 Å². The third kappa shape index (κ3) is 2.18. The number of aromatic hydroxyl groups is 1. The first-order chi connectivity index (χ1) is 9.47. The maximum Gasteiger partial charge on any atom is 0.340 e. The lowest BCUT2D eigenvalue weighted by Crippen LogP contribution is -2.11. The van der Waals surface area contributed by atoms with Crippen LogP contribution in [-0.2, 0) is 4.74 Å². The lowest BCUT2D eigenvalue weighted by Gasteiger charge is -2.06. The van der Waals surface area contributed by atoms with E-state index in [4.69, 9.17) is 4.74 Å². The Bertz CT molecular complexity index is 685. The van der Waals surface area contributed by atoms with Crippen LogP contribution in [0.4, 0.5) is 0 Å². The molecule has 5 nitrogen and oxygen atoms in total. The van der Waals surface area contributed by atoms with Gasteiger partial charge in [-0.25, -0.2) is 4.79 Å². The fourth-order valence-corrected chi connectivity index (χ4v) is 2.22. The summed E-state index contributed by atoms with van der Waals surface area (Å²) in [6.07, 6.45) is 0. The van der Waals surface area contributed by atoms with E-state index in [1.54, 1.807) is 26.0 Å². The number of aromatic nitrogens is 1. The van der Waals surface area contributed by atoms with Crippen molar-refractivity contribution in [3.05, 3.63) is 52.3 Å². The highest BCUT2D eigenvalue weighted by Gasteiger charge is 2.26. The summed E-state index contributed by atoms with van der Waals surface area (Å²) in [6, 6.07) is 6.22. The predicted molar refractivity (Wildman–Crippen MR) is 73.1 cm³/mol. The summed E-state index contributed by atoms with van der Waals surface area (Å²) in [6.45, 7) is 3.40. The highest BCUT2D eigenvalue weighted by Crippen LogP contribution is 2.26. The van der Waals surface area contributed by atoms with Crippen LogP contribution in [0.2, 0.25) is 0 Å². The van der Waals surface area contributed by atoms with Gasteiger partial charge < -0.3 is 14.8 Å². The number of phenols is 1. The van der Waals surface area contributed by atoms with Crippen LogP contribution >= 0.6 is 0 Å². The minimum atomic E-state index is -0.578. The number of ether oxygens (including phenoxy) is 1. The molecule has 0 aliphatic rings. The molecule has 0 radical (unpaired) electrons. The molecule has 1 aromatic heterocycles. The van der Waals surface area contributed by atoms with Crippen LogP contribution in [0.3, 0.4) is 0 Å². The van der Waals surface area contributed by atoms with Crippen LogP contribution in [0, 0.1) is 13.8 Å². The van der Waals surface area contributed by atoms with E-state index in [0.29, 0.717) is 11.4 Å². The van der Waals surface area contributed by atoms with E-state index in [1.807, 2.05) is 0 Å². The van der Waals surface area contributed by atoms with Crippen molar-refractivity contribution in [3.8, 4) is 5.75 Å². The van der Waals surface area contributed by atoms with Crippen molar-refractivity contribution in [2.45, 2.75) is 13.8 Å². The monoisotopic (exact) mass is 273 g/mol. The third-order valence-corrected chi connectivity index (χ3v) is 3.14. The Kier molecular flexibility index (Phi) is 3.61. The van der Waals surface area contributed by atoms with Crippen LogP contribution in [0.15, 0.2) is 24.3 Å². The number of aromatic amines is 1. The number of ketones is 1. The van der Waals surface area contributed by atoms with E-state index in [2.05, 4.69) is 4.98 Å². The number of aryl methyl sites for hydroxylation is 2. The lowest BCUT2D eigenvalue weighted by atomic mass is 9.98. The number of hydrogen-bond donors (Lipinski definition) is 2. The Balaban J connectivity index is 2.61. The van der Waals surface area contributed by atoms with Crippen LogP contribution in [0.25, 0.3) is 0 Å². The second-order valence-electron chi connectivity index (χ2n) is 4.46. The Labute approximate surface area is 116 Å². The molecule has 0 saturated heterocycles. The van der Waals surface area contributed by atoms with Gasteiger partial charge in [0, 0.05) is 11.4 Å². The molecule has 0 aliphatic heterocycles. The molecule has 0 saturated carbocycles. The van der Waals surface area contributed by atoms with Gasteiger partial charge >= 0.3 is 5.97 Å². The van der Waals surface area contributed by atoms with Crippen molar-refractivity contribution < 1.29 is 19.4 Å². The second-order valence-corrected chi connectivity index (χ2v) is 4.46. The maximum absolute atomic E-state index is 12.6. The zero-order chi connectivity index (χ0) is 14.9. The Morgan fingerprint density at radius 2 is 1.70 bits per heavy atom. The normalized spacial score (nSPS) is 10.3. The van der Waals surface area contributed by atoms with Gasteiger partial charge in [0.25, 0.3) is 0 Å². The van der Waals surface area contributed by atoms with Gasteiger partial charge in [-0.1, -0.05) is 12.1 Å². The van der Waals surface area contributed by atoms with E-state index in [-0.39, 0.29) is 22.4 Å². The molecule has 5 heteroatoms. The van der Waals surface area contributed by atoms with E-state index in [9.17, 15) is 14.7 Å². The van der Waals surface area contributed by atoms with Gasteiger partial charge in [0.2, 0.25) is 0 Å². The SMILES string of the molecule is COC(=O)c1c(C)[nH]c(C)c1C(=O)c1ccccc1O. The van der Waals surface area contributed by atoms with Crippen molar-refractivity contribution >= 4 is 11.8 Å². The molecule has 0 aliphatic carbocycles. The number of hydrogen-bond acceptors (Lipinski definition) is 4. The van der Waals surface area contributed by atoms with Crippen LogP contribution in [-0.4, -0.2) is 29.0 Å². The summed E-state index contributed by atoms with van der Waals surface area (Å²) < 4.78 is 4.71. The van der Waals surface area contributed by atoms with Crippen molar-refractivity contribution in [3.63, 3.8) is 0 Å². The summed E-state index contributed by atoms with van der Waals surface area (Å²) in [4.78, 5) is 27.3. The quantitative estimate of drug-likeness (QED) is 0.664. The van der Waals surface area contributed by atoms with Gasteiger partial charge in [0.15, 0.2) is 5.78 Å². The fraction of sp³-hybridized carbons (Fsp3) is 0.200. The minimum Gasteiger partial charge on any atom is -0.507 e. The molecule has 2 N–H and O–H groups in total. The number of para-hydroxylation sites is 1. The van der Waals surface area contributed by atoms with Crippen LogP contribution in [0.1, 0.15) is 37.7 Å². The number of carbonyl (C=O) groups is 2. The molecular formula is C15H15NO4. The number of carbonyl (C=O) groups excluding carboxylic acids is 2. The van der Waals surface area contributed by atoms with Crippen molar-refractivity contribution in [1.82, 2.24) is 4.98 Å². The number of H-pyrrole nitrogens is 1. The lowest BCUT2D eigenvalue weighted by molar-refractivity contribution is 0.0597. The molecule has 20 heavy (non-hydrogen) atoms. The van der Waals surface area contributed by atoms with E-state index in [1.165, 1.54) is 19.2 Å². The highest BCUT2D eigenvalue weighted by atomic mass is 16.5. The number of methoxy groups -OCH3 is 1. The first-order valence-corrected chi connectivity index (χ1v) is 6.07. The topological polar surface area (TPSA) is 79.4 Å². The number of rotatable bonds is 3. The van der Waals surface area contributed by atoms with E-state index < -0.39 is 11.8 Å². The summed E-state index contributed by atoms with van der Waals surface area (Å²) >= 11 is 0. The minimum absolute atomic E-state index is 0.119. The van der Waals surface area contributed by atoms with Crippen molar-refractivity contribution in [2.24, 2.45) is 0 Å². The van der Waals surface area contributed by atoms with Crippen LogP contribution in [0.5, 0.6) is 5.75 Å². The molecule has 0 unspecified atom stereocenters. The number of esters is 1. The van der Waals surface area contributed by atoms with Crippen LogP contribution < -0.4 is 0 Å². The van der Waals surface area contributed by atoms with E-state index >= 15 is 0 Å². The molecule has 0 fully saturated rings. The number of nitrogens with one attached hydrogen (secondary N) is 1. The summed E-state index contributed by atoms with van der Waals surface area (Å²) in [5, 5.41) is 9.78. The summed E-state index contributed by atoms with van der Waals surface area (Å²) in [5.74, 6) is -1.11. The largest absolute Gasteiger partial charge is 0.507 e. The second kappa shape index (κ2) is 5.21. The Morgan fingerprint density at radius 3 is 2.30 bits per heavy atom.